The maximum atomic E-state index is 15.0. The number of nitrogen functional groups attached to an aromatic ring is 1. The van der Waals surface area contributed by atoms with Crippen molar-refractivity contribution in [3.05, 3.63) is 41.7 Å². The Morgan fingerprint density at radius 3 is 2.55 bits per heavy atom. The third-order valence-electron chi connectivity index (χ3n) is 8.79. The molecule has 42 heavy (non-hydrogen) atoms. The van der Waals surface area contributed by atoms with Crippen molar-refractivity contribution in [2.45, 2.75) is 65.5 Å². The Bertz CT molecular complexity index is 1250. The summed E-state index contributed by atoms with van der Waals surface area (Å²) < 4.78 is 26.7. The number of carboxylic acids is 1. The molecule has 2 aliphatic rings. The van der Waals surface area contributed by atoms with Crippen LogP contribution in [0, 0.1) is 29.5 Å². The van der Waals surface area contributed by atoms with E-state index in [1.54, 1.807) is 24.3 Å². The Morgan fingerprint density at radius 1 is 1.14 bits per heavy atom. The standard InChI is InChI=1S/C32H45FN4O5/c1-19(2)30-20(3)6-5-7-27(30)42-18-29(38)36-26-11-8-22(16-28(26)41-4)35-17-23-24(33)9-10-25(34)31(23)37-14-12-21(13-15-37)32(39)40/h8-11,16,19-21,27,30,35H,5-7,12-15,17-18,34H2,1-4H3,(H,36,38)(H,39,40). The number of methoxy groups -OCH3 is 1. The third-order valence-corrected chi connectivity index (χ3v) is 8.79. The Balaban J connectivity index is 1.39. The first kappa shape index (κ1) is 31.4. The van der Waals surface area contributed by atoms with Gasteiger partial charge in [-0.1, -0.05) is 33.6 Å². The number of benzene rings is 2. The largest absolute Gasteiger partial charge is 0.494 e. The number of rotatable bonds is 11. The number of piperidine rings is 1. The van der Waals surface area contributed by atoms with E-state index in [0.29, 0.717) is 77.7 Å². The molecule has 10 heteroatoms. The molecule has 4 rings (SSSR count). The number of anilines is 4. The van der Waals surface area contributed by atoms with E-state index in [4.69, 9.17) is 15.2 Å². The number of carbonyl (C=O) groups excluding carboxylic acids is 1. The SMILES string of the molecule is COc1cc(NCc2c(F)ccc(N)c2N2CCC(C(=O)O)CC2)ccc1NC(=O)COC1CCCC(C)C1C(C)C. The van der Waals surface area contributed by atoms with Crippen molar-refractivity contribution in [1.82, 2.24) is 0 Å². The molecule has 2 aromatic rings. The first-order valence-electron chi connectivity index (χ1n) is 15.0. The number of hydrogen-bond acceptors (Lipinski definition) is 7. The molecule has 1 saturated carbocycles. The molecule has 3 unspecified atom stereocenters. The monoisotopic (exact) mass is 584 g/mol. The van der Waals surface area contributed by atoms with Crippen LogP contribution < -0.4 is 26.0 Å². The van der Waals surface area contributed by atoms with Crippen LogP contribution in [0.25, 0.3) is 0 Å². The van der Waals surface area contributed by atoms with E-state index in [1.807, 2.05) is 4.90 Å². The molecule has 5 N–H and O–H groups in total. The van der Waals surface area contributed by atoms with E-state index in [2.05, 4.69) is 31.4 Å². The number of nitrogens with two attached hydrogens (primary N) is 1. The smallest absolute Gasteiger partial charge is 0.306 e. The van der Waals surface area contributed by atoms with Crippen molar-refractivity contribution in [1.29, 1.82) is 0 Å². The van der Waals surface area contributed by atoms with Crippen molar-refractivity contribution < 1.29 is 28.6 Å². The molecule has 0 radical (unpaired) electrons. The molecule has 1 heterocycles. The van der Waals surface area contributed by atoms with Gasteiger partial charge < -0.3 is 35.8 Å². The van der Waals surface area contributed by atoms with Crippen molar-refractivity contribution in [2.75, 3.05) is 48.1 Å². The number of amides is 1. The summed E-state index contributed by atoms with van der Waals surface area (Å²) in [5.74, 6) is 0.134. The quantitative estimate of drug-likeness (QED) is 0.246. The van der Waals surface area contributed by atoms with Gasteiger partial charge in [0, 0.05) is 37.0 Å². The van der Waals surface area contributed by atoms with Crippen LogP contribution in [0.5, 0.6) is 5.75 Å². The second kappa shape index (κ2) is 14.1. The van der Waals surface area contributed by atoms with Crippen molar-refractivity contribution in [3.8, 4) is 5.75 Å². The number of carboxylic acid groups (broad SMARTS) is 1. The van der Waals surface area contributed by atoms with Crippen LogP contribution in [0.1, 0.15) is 58.4 Å². The summed E-state index contributed by atoms with van der Waals surface area (Å²) in [6.45, 7) is 7.82. The number of nitrogens with one attached hydrogen (secondary N) is 2. The minimum Gasteiger partial charge on any atom is -0.494 e. The lowest BCUT2D eigenvalue weighted by Gasteiger charge is -2.38. The molecule has 1 aliphatic heterocycles. The third kappa shape index (κ3) is 7.45. The molecular weight excluding hydrogens is 539 g/mol. The van der Waals surface area contributed by atoms with Gasteiger partial charge in [0.15, 0.2) is 0 Å². The fourth-order valence-corrected chi connectivity index (χ4v) is 6.66. The van der Waals surface area contributed by atoms with Crippen LogP contribution in [-0.4, -0.2) is 49.9 Å². The molecule has 2 fully saturated rings. The highest BCUT2D eigenvalue weighted by Crippen LogP contribution is 2.37. The Morgan fingerprint density at radius 2 is 1.88 bits per heavy atom. The zero-order valence-corrected chi connectivity index (χ0v) is 25.1. The minimum absolute atomic E-state index is 0.0229. The van der Waals surface area contributed by atoms with Gasteiger partial charge in [0.1, 0.15) is 18.2 Å². The topological polar surface area (TPSA) is 126 Å². The molecule has 1 aliphatic carbocycles. The van der Waals surface area contributed by atoms with E-state index >= 15 is 4.39 Å². The highest BCUT2D eigenvalue weighted by molar-refractivity contribution is 5.93. The van der Waals surface area contributed by atoms with Crippen LogP contribution in [0.3, 0.4) is 0 Å². The van der Waals surface area contributed by atoms with Crippen molar-refractivity contribution in [2.24, 2.45) is 23.7 Å². The molecule has 9 nitrogen and oxygen atoms in total. The lowest BCUT2D eigenvalue weighted by molar-refractivity contribution is -0.142. The van der Waals surface area contributed by atoms with Gasteiger partial charge in [0.2, 0.25) is 5.91 Å². The van der Waals surface area contributed by atoms with Crippen molar-refractivity contribution >= 4 is 34.6 Å². The summed E-state index contributed by atoms with van der Waals surface area (Å²) in [6, 6.07) is 8.17. The molecule has 2 aromatic carbocycles. The first-order valence-corrected chi connectivity index (χ1v) is 15.0. The summed E-state index contributed by atoms with van der Waals surface area (Å²) in [6.07, 6.45) is 4.32. The number of hydrogen-bond donors (Lipinski definition) is 4. The van der Waals surface area contributed by atoms with Crippen LogP contribution in [0.2, 0.25) is 0 Å². The predicted molar refractivity (Wildman–Crippen MR) is 163 cm³/mol. The van der Waals surface area contributed by atoms with Gasteiger partial charge in [0.25, 0.3) is 0 Å². The predicted octanol–water partition coefficient (Wildman–Crippen LogP) is 5.75. The van der Waals surface area contributed by atoms with Gasteiger partial charge in [-0.3, -0.25) is 9.59 Å². The fourth-order valence-electron chi connectivity index (χ4n) is 6.66. The summed E-state index contributed by atoms with van der Waals surface area (Å²) in [5, 5.41) is 15.5. The van der Waals surface area contributed by atoms with Crippen LogP contribution in [0.15, 0.2) is 30.3 Å². The molecule has 230 valence electrons. The van der Waals surface area contributed by atoms with Gasteiger partial charge >= 0.3 is 5.97 Å². The van der Waals surface area contributed by atoms with Gasteiger partial charge in [-0.05, 0) is 61.3 Å². The van der Waals surface area contributed by atoms with Crippen LogP contribution in [-0.2, 0) is 20.9 Å². The molecule has 3 atom stereocenters. The normalized spacial score (nSPS) is 21.3. The van der Waals surface area contributed by atoms with Gasteiger partial charge in [0.05, 0.1) is 36.2 Å². The van der Waals surface area contributed by atoms with E-state index < -0.39 is 17.7 Å². The number of halogens is 1. The molecule has 0 bridgehead atoms. The van der Waals surface area contributed by atoms with Gasteiger partial charge in [-0.15, -0.1) is 0 Å². The summed E-state index contributed by atoms with van der Waals surface area (Å²) >= 11 is 0. The number of aliphatic carboxylic acids is 1. The second-order valence-corrected chi connectivity index (χ2v) is 12.0. The number of nitrogens with zero attached hydrogens (tertiary/aromatic N) is 1. The average molecular weight is 585 g/mol. The van der Waals surface area contributed by atoms with Crippen molar-refractivity contribution in [3.63, 3.8) is 0 Å². The summed E-state index contributed by atoms with van der Waals surface area (Å²) in [7, 11) is 1.53. The van der Waals surface area contributed by atoms with Gasteiger partial charge in [-0.2, -0.15) is 0 Å². The minimum atomic E-state index is -0.802. The van der Waals surface area contributed by atoms with E-state index in [9.17, 15) is 14.7 Å². The van der Waals surface area contributed by atoms with Gasteiger partial charge in [-0.25, -0.2) is 4.39 Å². The lowest BCUT2D eigenvalue weighted by Crippen LogP contribution is -2.38. The average Bonchev–Trinajstić information content (AvgIpc) is 2.96. The number of ether oxygens (including phenoxy) is 2. The van der Waals surface area contributed by atoms with E-state index in [-0.39, 0.29) is 25.2 Å². The highest BCUT2D eigenvalue weighted by atomic mass is 19.1. The summed E-state index contributed by atoms with van der Waals surface area (Å²) in [5.41, 5.74) is 8.92. The zero-order chi connectivity index (χ0) is 30.4. The van der Waals surface area contributed by atoms with Crippen LogP contribution >= 0.6 is 0 Å². The molecule has 0 spiro atoms. The maximum Gasteiger partial charge on any atom is 0.306 e. The second-order valence-electron chi connectivity index (χ2n) is 12.0. The zero-order valence-electron chi connectivity index (χ0n) is 25.1. The molecule has 0 aromatic heterocycles. The molecular formula is C32H45FN4O5. The first-order chi connectivity index (χ1) is 20.1. The Kier molecular flexibility index (Phi) is 10.5. The highest BCUT2D eigenvalue weighted by Gasteiger charge is 2.34. The maximum absolute atomic E-state index is 15.0. The number of carbonyl (C=O) groups is 2. The molecule has 1 amide bonds. The summed E-state index contributed by atoms with van der Waals surface area (Å²) in [4.78, 5) is 26.1. The fraction of sp³-hybridized carbons (Fsp3) is 0.562. The molecule has 1 saturated heterocycles. The van der Waals surface area contributed by atoms with E-state index in [0.717, 1.165) is 12.8 Å². The van der Waals surface area contributed by atoms with E-state index in [1.165, 1.54) is 19.6 Å². The lowest BCUT2D eigenvalue weighted by atomic mass is 9.72. The van der Waals surface area contributed by atoms with Crippen LogP contribution in [0.4, 0.5) is 27.1 Å². The Hall–Kier alpha value is -3.53. The Labute approximate surface area is 247 Å².